The number of hydrogen-bond acceptors (Lipinski definition) is 3. The average molecular weight is 340 g/mol. The van der Waals surface area contributed by atoms with Crippen LogP contribution in [0.3, 0.4) is 0 Å². The Kier molecular flexibility index (Phi) is 5.87. The molecule has 1 atom stereocenters. The molecule has 2 N–H and O–H groups in total. The monoisotopic (exact) mass is 340 g/mol. The quantitative estimate of drug-likeness (QED) is 0.814. The van der Waals surface area contributed by atoms with Crippen molar-refractivity contribution in [3.8, 4) is 0 Å². The summed E-state index contributed by atoms with van der Waals surface area (Å²) in [6.45, 7) is 6.67. The summed E-state index contributed by atoms with van der Waals surface area (Å²) in [7, 11) is 0. The van der Waals surface area contributed by atoms with Gasteiger partial charge in [0.05, 0.1) is 5.69 Å². The summed E-state index contributed by atoms with van der Waals surface area (Å²) in [6, 6.07) is 10.2. The van der Waals surface area contributed by atoms with E-state index in [1.165, 1.54) is 18.5 Å². The summed E-state index contributed by atoms with van der Waals surface area (Å²) < 4.78 is 2.15. The Hall–Kier alpha value is -2.14. The predicted octanol–water partition coefficient (Wildman–Crippen LogP) is 3.21. The molecular weight excluding hydrogens is 312 g/mol. The normalized spacial score (nSPS) is 14.8. The first-order valence-corrected chi connectivity index (χ1v) is 9.34. The number of aromatic nitrogens is 2. The highest BCUT2D eigenvalue weighted by molar-refractivity contribution is 5.94. The highest BCUT2D eigenvalue weighted by atomic mass is 16.1. The number of benzene rings is 1. The number of hydrogen-bond donors (Lipinski definition) is 2. The van der Waals surface area contributed by atoms with Crippen molar-refractivity contribution < 1.29 is 4.79 Å². The lowest BCUT2D eigenvalue weighted by Crippen LogP contribution is -2.24. The molecule has 0 radical (unpaired) electrons. The standard InChI is InChI=1S/C20H28N4O/c1-3-10-21-20(25)17-8-6-7-16(12-17)14-22-15(2)19-13-18-9-4-5-11-24(18)23-19/h6-8,12-13,15,22H,3-5,9-11,14H2,1-2H3,(H,21,25). The van der Waals surface area contributed by atoms with Crippen molar-refractivity contribution in [1.29, 1.82) is 0 Å². The van der Waals surface area contributed by atoms with Crippen LogP contribution in [0.4, 0.5) is 0 Å². The van der Waals surface area contributed by atoms with Crippen molar-refractivity contribution >= 4 is 5.91 Å². The molecule has 0 saturated carbocycles. The predicted molar refractivity (Wildman–Crippen MR) is 99.5 cm³/mol. The van der Waals surface area contributed by atoms with Gasteiger partial charge < -0.3 is 10.6 Å². The van der Waals surface area contributed by atoms with Gasteiger partial charge in [0.15, 0.2) is 0 Å². The average Bonchev–Trinajstić information content (AvgIpc) is 3.08. The summed E-state index contributed by atoms with van der Waals surface area (Å²) in [5.74, 6) is -0.00137. The van der Waals surface area contributed by atoms with Crippen LogP contribution in [0.5, 0.6) is 0 Å². The van der Waals surface area contributed by atoms with Crippen molar-refractivity contribution in [2.24, 2.45) is 0 Å². The molecule has 0 aliphatic carbocycles. The van der Waals surface area contributed by atoms with E-state index in [-0.39, 0.29) is 11.9 Å². The smallest absolute Gasteiger partial charge is 0.251 e. The molecule has 25 heavy (non-hydrogen) atoms. The Morgan fingerprint density at radius 2 is 2.20 bits per heavy atom. The van der Waals surface area contributed by atoms with Crippen LogP contribution in [0, 0.1) is 0 Å². The van der Waals surface area contributed by atoms with Crippen LogP contribution in [-0.2, 0) is 19.5 Å². The molecule has 5 nitrogen and oxygen atoms in total. The van der Waals surface area contributed by atoms with Crippen LogP contribution in [-0.4, -0.2) is 22.2 Å². The van der Waals surface area contributed by atoms with Gasteiger partial charge >= 0.3 is 0 Å². The molecule has 134 valence electrons. The summed E-state index contributed by atoms with van der Waals surface area (Å²) in [5, 5.41) is 11.2. The van der Waals surface area contributed by atoms with Crippen molar-refractivity contribution in [2.75, 3.05) is 6.54 Å². The van der Waals surface area contributed by atoms with Crippen molar-refractivity contribution in [3.05, 3.63) is 52.8 Å². The number of aryl methyl sites for hydroxylation is 2. The maximum absolute atomic E-state index is 12.1. The van der Waals surface area contributed by atoms with Crippen LogP contribution in [0.2, 0.25) is 0 Å². The first kappa shape index (κ1) is 17.7. The molecule has 0 fully saturated rings. The van der Waals surface area contributed by atoms with Gasteiger partial charge in [-0.3, -0.25) is 9.48 Å². The SMILES string of the molecule is CCCNC(=O)c1cccc(CNC(C)c2cc3n(n2)CCCC3)c1. The molecule has 2 heterocycles. The van der Waals surface area contributed by atoms with E-state index in [4.69, 9.17) is 5.10 Å². The summed E-state index contributed by atoms with van der Waals surface area (Å²) in [4.78, 5) is 12.1. The Morgan fingerprint density at radius 3 is 3.00 bits per heavy atom. The molecule has 1 aliphatic heterocycles. The topological polar surface area (TPSA) is 59.0 Å². The summed E-state index contributed by atoms with van der Waals surface area (Å²) in [6.07, 6.45) is 4.57. The number of carbonyl (C=O) groups excluding carboxylic acids is 1. The fourth-order valence-electron chi connectivity index (χ4n) is 3.19. The lowest BCUT2D eigenvalue weighted by atomic mass is 10.1. The molecule has 3 rings (SSSR count). The van der Waals surface area contributed by atoms with Gasteiger partial charge in [0.25, 0.3) is 5.91 Å². The Balaban J connectivity index is 1.59. The Labute approximate surface area is 149 Å². The molecule has 1 aromatic carbocycles. The van der Waals surface area contributed by atoms with Crippen LogP contribution >= 0.6 is 0 Å². The van der Waals surface area contributed by atoms with E-state index in [0.29, 0.717) is 6.54 Å². The molecule has 5 heteroatoms. The van der Waals surface area contributed by atoms with Gasteiger partial charge in [-0.15, -0.1) is 0 Å². The van der Waals surface area contributed by atoms with Gasteiger partial charge in [0, 0.05) is 36.9 Å². The van der Waals surface area contributed by atoms with E-state index in [1.54, 1.807) is 0 Å². The highest BCUT2D eigenvalue weighted by Gasteiger charge is 2.16. The van der Waals surface area contributed by atoms with Crippen LogP contribution in [0.25, 0.3) is 0 Å². The van der Waals surface area contributed by atoms with E-state index >= 15 is 0 Å². The lowest BCUT2D eigenvalue weighted by molar-refractivity contribution is 0.0953. The minimum atomic E-state index is -0.00137. The zero-order valence-electron chi connectivity index (χ0n) is 15.2. The van der Waals surface area contributed by atoms with Gasteiger partial charge in [0.2, 0.25) is 0 Å². The first-order valence-electron chi connectivity index (χ1n) is 9.34. The summed E-state index contributed by atoms with van der Waals surface area (Å²) in [5.41, 5.74) is 4.29. The zero-order chi connectivity index (χ0) is 17.6. The molecule has 1 unspecified atom stereocenters. The second kappa shape index (κ2) is 8.30. The number of amides is 1. The van der Waals surface area contributed by atoms with Gasteiger partial charge in [-0.25, -0.2) is 0 Å². The minimum Gasteiger partial charge on any atom is -0.352 e. The third kappa shape index (κ3) is 4.48. The number of carbonyl (C=O) groups is 1. The first-order chi connectivity index (χ1) is 12.2. The number of rotatable bonds is 7. The van der Waals surface area contributed by atoms with Crippen LogP contribution < -0.4 is 10.6 Å². The number of nitrogens with one attached hydrogen (secondary N) is 2. The van der Waals surface area contributed by atoms with Crippen molar-refractivity contribution in [2.45, 2.75) is 58.7 Å². The van der Waals surface area contributed by atoms with E-state index in [1.807, 2.05) is 18.2 Å². The molecule has 0 spiro atoms. The molecule has 1 aromatic heterocycles. The molecule has 1 aliphatic rings. The van der Waals surface area contributed by atoms with E-state index in [0.717, 1.165) is 42.8 Å². The molecular formula is C20H28N4O. The van der Waals surface area contributed by atoms with Gasteiger partial charge in [-0.05, 0) is 56.4 Å². The van der Waals surface area contributed by atoms with E-state index in [9.17, 15) is 4.79 Å². The third-order valence-corrected chi connectivity index (χ3v) is 4.72. The Bertz CT molecular complexity index is 699. The van der Waals surface area contributed by atoms with Crippen molar-refractivity contribution in [3.63, 3.8) is 0 Å². The molecule has 2 aromatic rings. The fraction of sp³-hybridized carbons (Fsp3) is 0.500. The number of fused-ring (bicyclic) bond motifs is 1. The fourth-order valence-corrected chi connectivity index (χ4v) is 3.19. The zero-order valence-corrected chi connectivity index (χ0v) is 15.2. The largest absolute Gasteiger partial charge is 0.352 e. The van der Waals surface area contributed by atoms with E-state index in [2.05, 4.69) is 41.3 Å². The van der Waals surface area contributed by atoms with Crippen molar-refractivity contribution in [1.82, 2.24) is 20.4 Å². The molecule has 0 saturated heterocycles. The maximum Gasteiger partial charge on any atom is 0.251 e. The molecule has 0 bridgehead atoms. The van der Waals surface area contributed by atoms with Gasteiger partial charge in [-0.1, -0.05) is 19.1 Å². The lowest BCUT2D eigenvalue weighted by Gasteiger charge is -2.13. The van der Waals surface area contributed by atoms with Gasteiger partial charge in [-0.2, -0.15) is 5.10 Å². The third-order valence-electron chi connectivity index (χ3n) is 4.72. The number of nitrogens with zero attached hydrogens (tertiary/aromatic N) is 2. The Morgan fingerprint density at radius 1 is 1.32 bits per heavy atom. The van der Waals surface area contributed by atoms with Crippen LogP contribution in [0.15, 0.2) is 30.3 Å². The maximum atomic E-state index is 12.1. The summed E-state index contributed by atoms with van der Waals surface area (Å²) >= 11 is 0. The van der Waals surface area contributed by atoms with Crippen LogP contribution in [0.1, 0.15) is 66.5 Å². The van der Waals surface area contributed by atoms with Gasteiger partial charge in [0.1, 0.15) is 0 Å². The second-order valence-electron chi connectivity index (χ2n) is 6.80. The second-order valence-corrected chi connectivity index (χ2v) is 6.80. The highest BCUT2D eigenvalue weighted by Crippen LogP contribution is 2.19. The molecule has 1 amide bonds. The van der Waals surface area contributed by atoms with E-state index < -0.39 is 0 Å². The minimum absolute atomic E-state index is 0.00137.